The first-order valence-corrected chi connectivity index (χ1v) is 7.06. The van der Waals surface area contributed by atoms with Crippen LogP contribution in [0, 0.1) is 0 Å². The van der Waals surface area contributed by atoms with Gasteiger partial charge >= 0.3 is 0 Å². The molecule has 3 heteroatoms. The Morgan fingerprint density at radius 3 is 1.91 bits per heavy atom. The second kappa shape index (κ2) is 9.53. The van der Waals surface area contributed by atoms with Gasteiger partial charge in [0.15, 0.2) is 0 Å². The van der Waals surface area contributed by atoms with Crippen molar-refractivity contribution in [3.8, 4) is 0 Å². The van der Waals surface area contributed by atoms with Crippen molar-refractivity contribution in [2.24, 2.45) is 0 Å². The van der Waals surface area contributed by atoms with E-state index in [1.54, 1.807) is 0 Å². The van der Waals surface area contributed by atoms with E-state index in [0.717, 1.165) is 5.33 Å². The van der Waals surface area contributed by atoms with Crippen LogP contribution in [0.15, 0.2) is 0 Å². The zero-order valence-electron chi connectivity index (χ0n) is 6.66. The summed E-state index contributed by atoms with van der Waals surface area (Å²) in [6.45, 7) is 0. The third-order valence-electron chi connectivity index (χ3n) is 1.56. The second-order valence-electron chi connectivity index (χ2n) is 2.64. The normalized spacial score (nSPS) is 10.9. The standard InChI is InChI=1S/C8H15Br3/c9-7-5-3-1-2-4-6-8(10)11/h8H,1-7H2. The molecule has 0 aliphatic heterocycles. The SMILES string of the molecule is BrCCCCCCCC(Br)Br. The summed E-state index contributed by atoms with van der Waals surface area (Å²) in [7, 11) is 0. The van der Waals surface area contributed by atoms with Crippen LogP contribution in [-0.2, 0) is 0 Å². The summed E-state index contributed by atoms with van der Waals surface area (Å²) in [5.41, 5.74) is 0. The molecule has 0 saturated carbocycles. The third kappa shape index (κ3) is 11.4. The highest BCUT2D eigenvalue weighted by atomic mass is 79.9. The molecule has 0 nitrogen and oxygen atoms in total. The highest BCUT2D eigenvalue weighted by Gasteiger charge is 1.96. The number of hydrogen-bond acceptors (Lipinski definition) is 0. The van der Waals surface area contributed by atoms with Gasteiger partial charge in [-0.05, 0) is 12.8 Å². The van der Waals surface area contributed by atoms with Crippen LogP contribution in [0.2, 0.25) is 0 Å². The van der Waals surface area contributed by atoms with Crippen LogP contribution in [0.1, 0.15) is 38.5 Å². The summed E-state index contributed by atoms with van der Waals surface area (Å²) >= 11 is 10.4. The Morgan fingerprint density at radius 1 is 0.818 bits per heavy atom. The maximum absolute atomic E-state index is 3.47. The molecule has 0 fully saturated rings. The molecule has 0 aliphatic rings. The minimum absolute atomic E-state index is 0.520. The molecule has 0 spiro atoms. The van der Waals surface area contributed by atoms with Gasteiger partial charge in [0.25, 0.3) is 0 Å². The van der Waals surface area contributed by atoms with Crippen LogP contribution in [0.4, 0.5) is 0 Å². The van der Waals surface area contributed by atoms with Crippen molar-refractivity contribution in [3.63, 3.8) is 0 Å². The van der Waals surface area contributed by atoms with Gasteiger partial charge in [0.2, 0.25) is 0 Å². The number of unbranched alkanes of at least 4 members (excludes halogenated alkanes) is 4. The van der Waals surface area contributed by atoms with E-state index in [9.17, 15) is 0 Å². The molecule has 0 saturated heterocycles. The summed E-state index contributed by atoms with van der Waals surface area (Å²) in [6.07, 6.45) is 8.04. The van der Waals surface area contributed by atoms with Crippen molar-refractivity contribution in [1.29, 1.82) is 0 Å². The lowest BCUT2D eigenvalue weighted by molar-refractivity contribution is 0.627. The quantitative estimate of drug-likeness (QED) is 0.455. The molecule has 0 aromatic rings. The van der Waals surface area contributed by atoms with Crippen molar-refractivity contribution < 1.29 is 0 Å². The zero-order chi connectivity index (χ0) is 8.53. The van der Waals surface area contributed by atoms with Crippen molar-refractivity contribution in [3.05, 3.63) is 0 Å². The molecular formula is C8H15Br3. The topological polar surface area (TPSA) is 0 Å². The van der Waals surface area contributed by atoms with Crippen molar-refractivity contribution in [2.75, 3.05) is 5.33 Å². The monoisotopic (exact) mass is 348 g/mol. The predicted octanol–water partition coefficient (Wildman–Crippen LogP) is 4.84. The summed E-state index contributed by atoms with van der Waals surface area (Å²) in [5, 5.41) is 1.16. The Morgan fingerprint density at radius 2 is 1.36 bits per heavy atom. The first kappa shape index (κ1) is 12.4. The summed E-state index contributed by atoms with van der Waals surface area (Å²) in [4.78, 5) is 0. The van der Waals surface area contributed by atoms with E-state index in [1.165, 1.54) is 38.5 Å². The Balaban J connectivity index is 2.80. The Bertz CT molecular complexity index is 73.7. The first-order valence-electron chi connectivity index (χ1n) is 4.11. The molecule has 0 N–H and O–H groups in total. The van der Waals surface area contributed by atoms with Crippen LogP contribution in [-0.4, -0.2) is 9.07 Å². The Hall–Kier alpha value is 1.44. The lowest BCUT2D eigenvalue weighted by atomic mass is 10.1. The average molecular weight is 351 g/mol. The maximum Gasteiger partial charge on any atom is 0.0697 e. The van der Waals surface area contributed by atoms with E-state index < -0.39 is 0 Å². The van der Waals surface area contributed by atoms with Crippen LogP contribution in [0.25, 0.3) is 0 Å². The fourth-order valence-electron chi connectivity index (χ4n) is 0.923. The average Bonchev–Trinajstić information content (AvgIpc) is 1.96. The number of alkyl halides is 3. The molecule has 0 atom stereocenters. The minimum atomic E-state index is 0.520. The molecular weight excluding hydrogens is 336 g/mol. The molecule has 0 aromatic heterocycles. The van der Waals surface area contributed by atoms with Gasteiger partial charge < -0.3 is 0 Å². The third-order valence-corrected chi connectivity index (χ3v) is 3.03. The molecule has 0 unspecified atom stereocenters. The number of hydrogen-bond donors (Lipinski definition) is 0. The van der Waals surface area contributed by atoms with Crippen LogP contribution >= 0.6 is 47.8 Å². The highest BCUT2D eigenvalue weighted by Crippen LogP contribution is 2.17. The predicted molar refractivity (Wildman–Crippen MR) is 63.1 cm³/mol. The van der Waals surface area contributed by atoms with Gasteiger partial charge in [-0.3, -0.25) is 0 Å². The van der Waals surface area contributed by atoms with Crippen LogP contribution in [0.3, 0.4) is 0 Å². The van der Waals surface area contributed by atoms with Crippen molar-refractivity contribution in [1.82, 2.24) is 0 Å². The Labute approximate surface area is 94.9 Å². The van der Waals surface area contributed by atoms with Gasteiger partial charge in [-0.15, -0.1) is 0 Å². The van der Waals surface area contributed by atoms with Gasteiger partial charge in [-0.25, -0.2) is 0 Å². The smallest absolute Gasteiger partial charge is 0.0697 e. The summed E-state index contributed by atoms with van der Waals surface area (Å²) < 4.78 is 0.520. The summed E-state index contributed by atoms with van der Waals surface area (Å²) in [5.74, 6) is 0. The Kier molecular flexibility index (Phi) is 10.8. The van der Waals surface area contributed by atoms with E-state index in [0.29, 0.717) is 3.74 Å². The highest BCUT2D eigenvalue weighted by molar-refractivity contribution is 9.24. The minimum Gasteiger partial charge on any atom is -0.0928 e. The van der Waals surface area contributed by atoms with Crippen molar-refractivity contribution in [2.45, 2.75) is 42.3 Å². The molecule has 0 radical (unpaired) electrons. The fraction of sp³-hybridized carbons (Fsp3) is 1.00. The lowest BCUT2D eigenvalue weighted by Crippen LogP contribution is -1.85. The molecule has 0 aliphatic carbocycles. The molecule has 0 aromatic carbocycles. The molecule has 0 bridgehead atoms. The molecule has 11 heavy (non-hydrogen) atoms. The molecule has 0 amide bonds. The van der Waals surface area contributed by atoms with E-state index in [2.05, 4.69) is 47.8 Å². The van der Waals surface area contributed by atoms with Crippen LogP contribution in [0.5, 0.6) is 0 Å². The largest absolute Gasteiger partial charge is 0.0928 e. The van der Waals surface area contributed by atoms with Gasteiger partial charge in [-0.1, -0.05) is 73.5 Å². The van der Waals surface area contributed by atoms with E-state index in [4.69, 9.17) is 0 Å². The second-order valence-corrected chi connectivity index (χ2v) is 6.87. The van der Waals surface area contributed by atoms with Crippen molar-refractivity contribution >= 4 is 47.8 Å². The van der Waals surface area contributed by atoms with E-state index in [-0.39, 0.29) is 0 Å². The van der Waals surface area contributed by atoms with Gasteiger partial charge in [0, 0.05) is 5.33 Å². The fourth-order valence-corrected chi connectivity index (χ4v) is 1.97. The van der Waals surface area contributed by atoms with Gasteiger partial charge in [0.1, 0.15) is 0 Å². The van der Waals surface area contributed by atoms with Gasteiger partial charge in [-0.2, -0.15) is 0 Å². The molecule has 68 valence electrons. The number of rotatable bonds is 7. The maximum atomic E-state index is 3.47. The molecule has 0 heterocycles. The van der Waals surface area contributed by atoms with E-state index in [1.807, 2.05) is 0 Å². The van der Waals surface area contributed by atoms with Crippen LogP contribution < -0.4 is 0 Å². The zero-order valence-corrected chi connectivity index (χ0v) is 11.4. The van der Waals surface area contributed by atoms with E-state index >= 15 is 0 Å². The van der Waals surface area contributed by atoms with Gasteiger partial charge in [0.05, 0.1) is 3.74 Å². The summed E-state index contributed by atoms with van der Waals surface area (Å²) in [6, 6.07) is 0. The first-order chi connectivity index (χ1) is 5.27. The lowest BCUT2D eigenvalue weighted by Gasteiger charge is -2.00. The molecule has 0 rings (SSSR count). The number of halogens is 3.